The van der Waals surface area contributed by atoms with Gasteiger partial charge in [-0.2, -0.15) is 4.98 Å². The molecule has 2 aliphatic rings. The number of hydrogen-bond acceptors (Lipinski definition) is 7. The van der Waals surface area contributed by atoms with Crippen molar-refractivity contribution < 1.29 is 9.13 Å². The summed E-state index contributed by atoms with van der Waals surface area (Å²) in [4.78, 5) is 16.5. The molecule has 180 valence electrons. The van der Waals surface area contributed by atoms with E-state index in [1.165, 1.54) is 6.07 Å². The Morgan fingerprint density at radius 3 is 2.89 bits per heavy atom. The Morgan fingerprint density at radius 2 is 2.11 bits per heavy atom. The lowest BCUT2D eigenvalue weighted by molar-refractivity contribution is 0.0756. The molecule has 1 fully saturated rings. The fourth-order valence-electron chi connectivity index (χ4n) is 5.05. The second kappa shape index (κ2) is 8.69. The number of ether oxygens (including phenoxy) is 1. The maximum Gasteiger partial charge on any atom is 0.237 e. The number of benzene rings is 1. The number of nitrogens with zero attached hydrogens (tertiary/aromatic N) is 8. The Morgan fingerprint density at radius 1 is 1.23 bits per heavy atom. The van der Waals surface area contributed by atoms with Crippen LogP contribution in [0.25, 0.3) is 23.0 Å². The summed E-state index contributed by atoms with van der Waals surface area (Å²) in [7, 11) is 0. The fraction of sp³-hybridized carbons (Fsp3) is 0.375. The van der Waals surface area contributed by atoms with Crippen LogP contribution >= 0.6 is 11.6 Å². The molecule has 0 N–H and O–H groups in total. The van der Waals surface area contributed by atoms with Crippen molar-refractivity contribution in [2.75, 3.05) is 18.1 Å². The predicted molar refractivity (Wildman–Crippen MR) is 129 cm³/mol. The van der Waals surface area contributed by atoms with Gasteiger partial charge in [-0.05, 0) is 44.4 Å². The molecule has 35 heavy (non-hydrogen) atoms. The Labute approximate surface area is 206 Å². The second-order valence-corrected chi connectivity index (χ2v) is 9.18. The summed E-state index contributed by atoms with van der Waals surface area (Å²) >= 11 is 6.04. The molecule has 2 unspecified atom stereocenters. The van der Waals surface area contributed by atoms with E-state index in [9.17, 15) is 4.39 Å². The number of anilines is 1. The van der Waals surface area contributed by atoms with Crippen LogP contribution in [-0.2, 0) is 4.74 Å². The van der Waals surface area contributed by atoms with Gasteiger partial charge < -0.3 is 9.64 Å². The molecule has 11 heteroatoms. The molecular formula is C24H24ClFN8O. The number of halogens is 2. The first-order valence-corrected chi connectivity index (χ1v) is 12.1. The van der Waals surface area contributed by atoms with Crippen molar-refractivity contribution in [3.8, 4) is 23.0 Å². The van der Waals surface area contributed by atoms with E-state index in [4.69, 9.17) is 21.3 Å². The molecule has 5 heterocycles. The van der Waals surface area contributed by atoms with Crippen LogP contribution in [0.15, 0.2) is 36.8 Å². The van der Waals surface area contributed by atoms with Crippen molar-refractivity contribution >= 4 is 17.4 Å². The monoisotopic (exact) mass is 494 g/mol. The van der Waals surface area contributed by atoms with Crippen LogP contribution in [0, 0.1) is 12.7 Å². The third kappa shape index (κ3) is 3.59. The topological polar surface area (TPSA) is 86.8 Å². The summed E-state index contributed by atoms with van der Waals surface area (Å²) in [6.07, 6.45) is 8.11. The molecule has 3 aromatic heterocycles. The van der Waals surface area contributed by atoms with Crippen LogP contribution in [0.1, 0.15) is 43.9 Å². The molecule has 6 rings (SSSR count). The van der Waals surface area contributed by atoms with Crippen molar-refractivity contribution in [2.45, 2.75) is 45.2 Å². The fourth-order valence-corrected chi connectivity index (χ4v) is 5.23. The Kier molecular flexibility index (Phi) is 5.49. The molecule has 0 aliphatic carbocycles. The van der Waals surface area contributed by atoms with Crippen molar-refractivity contribution in [1.29, 1.82) is 0 Å². The Hall–Kier alpha value is -3.37. The molecule has 0 radical (unpaired) electrons. The first-order chi connectivity index (χ1) is 17.1. The SMILES string of the molecule is CCC1c2nnc(C)n2-c2cnc(-n3ccnc3-c3ccc(F)c(Cl)c3)nc2N1C1CCCOC1. The smallest absolute Gasteiger partial charge is 0.237 e. The Bertz CT molecular complexity index is 1400. The van der Waals surface area contributed by atoms with Crippen LogP contribution in [-0.4, -0.2) is 53.5 Å². The lowest BCUT2D eigenvalue weighted by Crippen LogP contribution is -2.47. The van der Waals surface area contributed by atoms with Crippen LogP contribution in [0.4, 0.5) is 10.2 Å². The van der Waals surface area contributed by atoms with E-state index in [1.54, 1.807) is 29.1 Å². The molecule has 0 spiro atoms. The number of hydrogen-bond donors (Lipinski definition) is 0. The summed E-state index contributed by atoms with van der Waals surface area (Å²) in [5.74, 6) is 3.05. The van der Waals surface area contributed by atoms with Gasteiger partial charge in [0, 0.05) is 24.6 Å². The highest BCUT2D eigenvalue weighted by Crippen LogP contribution is 2.41. The standard InChI is InChI=1S/C24H24ClFN8O/c1-3-19-23-31-30-14(2)33(23)20-12-28-24(29-22(20)34(19)16-5-4-10-35-13-16)32-9-8-27-21(32)15-6-7-18(26)17(25)11-15/h6-9,11-12,16,19H,3-5,10,13H2,1-2H3. The van der Waals surface area contributed by atoms with E-state index in [0.29, 0.717) is 23.9 Å². The summed E-state index contributed by atoms with van der Waals surface area (Å²) in [6.45, 7) is 5.49. The lowest BCUT2D eigenvalue weighted by atomic mass is 10.0. The van der Waals surface area contributed by atoms with Gasteiger partial charge in [-0.15, -0.1) is 10.2 Å². The van der Waals surface area contributed by atoms with Gasteiger partial charge in [-0.25, -0.2) is 14.4 Å². The highest BCUT2D eigenvalue weighted by atomic mass is 35.5. The van der Waals surface area contributed by atoms with Crippen LogP contribution in [0.2, 0.25) is 5.02 Å². The van der Waals surface area contributed by atoms with Gasteiger partial charge in [0.15, 0.2) is 11.6 Å². The molecule has 0 bridgehead atoms. The number of aromatic nitrogens is 7. The first-order valence-electron chi connectivity index (χ1n) is 11.7. The average molecular weight is 495 g/mol. The van der Waals surface area contributed by atoms with Gasteiger partial charge >= 0.3 is 0 Å². The van der Waals surface area contributed by atoms with Gasteiger partial charge in [0.05, 0.1) is 29.9 Å². The van der Waals surface area contributed by atoms with Crippen molar-refractivity contribution in [2.24, 2.45) is 0 Å². The molecule has 0 saturated carbocycles. The van der Waals surface area contributed by atoms with Crippen molar-refractivity contribution in [1.82, 2.24) is 34.3 Å². The van der Waals surface area contributed by atoms with Crippen LogP contribution in [0.5, 0.6) is 0 Å². The summed E-state index contributed by atoms with van der Waals surface area (Å²) < 4.78 is 23.4. The van der Waals surface area contributed by atoms with Gasteiger partial charge in [0.25, 0.3) is 0 Å². The number of imidazole rings is 1. The van der Waals surface area contributed by atoms with Crippen molar-refractivity contribution in [3.05, 3.63) is 59.3 Å². The molecule has 2 aliphatic heterocycles. The quantitative estimate of drug-likeness (QED) is 0.414. The number of aryl methyl sites for hydroxylation is 1. The summed E-state index contributed by atoms with van der Waals surface area (Å²) in [5, 5.41) is 8.90. The van der Waals surface area contributed by atoms with E-state index in [1.807, 2.05) is 17.7 Å². The maximum atomic E-state index is 13.8. The third-order valence-corrected chi connectivity index (χ3v) is 6.95. The van der Waals surface area contributed by atoms with Gasteiger partial charge in [0.2, 0.25) is 5.95 Å². The highest BCUT2D eigenvalue weighted by molar-refractivity contribution is 6.31. The maximum absolute atomic E-state index is 13.8. The molecule has 1 aromatic carbocycles. The number of fused-ring (bicyclic) bond motifs is 3. The van der Waals surface area contributed by atoms with Gasteiger partial charge in [-0.1, -0.05) is 18.5 Å². The zero-order chi connectivity index (χ0) is 24.1. The Balaban J connectivity index is 1.51. The minimum Gasteiger partial charge on any atom is -0.379 e. The number of rotatable bonds is 4. The van der Waals surface area contributed by atoms with Crippen LogP contribution < -0.4 is 4.90 Å². The first kappa shape index (κ1) is 22.1. The van der Waals surface area contributed by atoms with E-state index < -0.39 is 5.82 Å². The zero-order valence-electron chi connectivity index (χ0n) is 19.4. The minimum atomic E-state index is -0.477. The third-order valence-electron chi connectivity index (χ3n) is 6.66. The highest BCUT2D eigenvalue weighted by Gasteiger charge is 2.39. The average Bonchev–Trinajstić information content (AvgIpc) is 3.52. The van der Waals surface area contributed by atoms with E-state index in [2.05, 4.69) is 32.0 Å². The molecule has 0 amide bonds. The molecule has 9 nitrogen and oxygen atoms in total. The lowest BCUT2D eigenvalue weighted by Gasteiger charge is -2.43. The van der Waals surface area contributed by atoms with Crippen molar-refractivity contribution in [3.63, 3.8) is 0 Å². The van der Waals surface area contributed by atoms with E-state index >= 15 is 0 Å². The largest absolute Gasteiger partial charge is 0.379 e. The van der Waals surface area contributed by atoms with Gasteiger partial charge in [-0.3, -0.25) is 9.13 Å². The second-order valence-electron chi connectivity index (χ2n) is 8.77. The molecule has 4 aromatic rings. The minimum absolute atomic E-state index is 0.0105. The summed E-state index contributed by atoms with van der Waals surface area (Å²) in [6, 6.07) is 4.71. The van der Waals surface area contributed by atoms with E-state index in [-0.39, 0.29) is 17.1 Å². The van der Waals surface area contributed by atoms with E-state index in [0.717, 1.165) is 49.0 Å². The zero-order valence-corrected chi connectivity index (χ0v) is 20.2. The summed E-state index contributed by atoms with van der Waals surface area (Å²) in [5.41, 5.74) is 1.51. The normalized spacial score (nSPS) is 19.5. The molecule has 2 atom stereocenters. The van der Waals surface area contributed by atoms with Crippen LogP contribution in [0.3, 0.4) is 0 Å². The predicted octanol–water partition coefficient (Wildman–Crippen LogP) is 4.46. The molecule has 1 saturated heterocycles. The molecular weight excluding hydrogens is 471 g/mol. The van der Waals surface area contributed by atoms with Gasteiger partial charge in [0.1, 0.15) is 23.2 Å².